The number of phenolic OH excluding ortho intramolecular Hbond substituents is 1. The number of thioether (sulfide) groups is 1. The average Bonchev–Trinajstić information content (AvgIpc) is 2.89. The normalized spacial score (nSPS) is 13.2. The zero-order valence-corrected chi connectivity index (χ0v) is 22.7. The van der Waals surface area contributed by atoms with Crippen molar-refractivity contribution in [2.45, 2.75) is 44.8 Å². The second-order valence-corrected chi connectivity index (χ2v) is 10.00. The predicted molar refractivity (Wildman–Crippen MR) is 145 cm³/mol. The molecule has 0 aliphatic rings. The van der Waals surface area contributed by atoms with E-state index in [-0.39, 0.29) is 35.8 Å². The molecular weight excluding hydrogens is 510 g/mol. The Morgan fingerprint density at radius 2 is 1.61 bits per heavy atom. The van der Waals surface area contributed by atoms with Crippen LogP contribution in [-0.4, -0.2) is 71.1 Å². The summed E-state index contributed by atoms with van der Waals surface area (Å²) in [5, 5.41) is 27.4. The van der Waals surface area contributed by atoms with E-state index < -0.39 is 41.8 Å². The van der Waals surface area contributed by atoms with Crippen LogP contribution in [0.3, 0.4) is 0 Å². The first-order valence-corrected chi connectivity index (χ1v) is 13.5. The number of rotatable bonds is 14. The van der Waals surface area contributed by atoms with Crippen molar-refractivity contribution in [2.24, 2.45) is 5.92 Å². The summed E-state index contributed by atoms with van der Waals surface area (Å²) in [6.07, 6.45) is 2.19. The Bertz CT molecular complexity index is 1110. The van der Waals surface area contributed by atoms with Gasteiger partial charge in [0.2, 0.25) is 11.8 Å². The van der Waals surface area contributed by atoms with Gasteiger partial charge in [-0.3, -0.25) is 14.4 Å². The molecule has 3 amide bonds. The lowest BCUT2D eigenvalue weighted by Crippen LogP contribution is -2.57. The molecule has 0 aromatic heterocycles. The summed E-state index contributed by atoms with van der Waals surface area (Å²) in [7, 11) is 1.39. The number of benzene rings is 2. The van der Waals surface area contributed by atoms with Gasteiger partial charge < -0.3 is 30.9 Å². The molecule has 206 valence electrons. The number of phenols is 1. The van der Waals surface area contributed by atoms with Crippen molar-refractivity contribution in [3.8, 4) is 11.5 Å². The maximum absolute atomic E-state index is 13.3. The second-order valence-electron chi connectivity index (χ2n) is 9.01. The van der Waals surface area contributed by atoms with Gasteiger partial charge in [0.15, 0.2) is 11.5 Å². The third-order valence-corrected chi connectivity index (χ3v) is 6.46. The molecule has 0 saturated carbocycles. The van der Waals surface area contributed by atoms with Crippen LogP contribution in [0.15, 0.2) is 48.5 Å². The lowest BCUT2D eigenvalue weighted by molar-refractivity contribution is -0.142. The maximum atomic E-state index is 13.3. The molecule has 5 N–H and O–H groups in total. The van der Waals surface area contributed by atoms with E-state index in [0.29, 0.717) is 5.75 Å². The van der Waals surface area contributed by atoms with Crippen molar-refractivity contribution in [3.05, 3.63) is 59.7 Å². The summed E-state index contributed by atoms with van der Waals surface area (Å²) in [5.41, 5.74) is 0.890. The van der Waals surface area contributed by atoms with E-state index in [1.54, 1.807) is 38.1 Å². The van der Waals surface area contributed by atoms with Crippen LogP contribution in [0.2, 0.25) is 0 Å². The van der Waals surface area contributed by atoms with Crippen molar-refractivity contribution >= 4 is 35.5 Å². The Balaban J connectivity index is 2.23. The minimum atomic E-state index is -1.16. The SMILES string of the molecule is COc1ccc(C(=O)N[C@H](C(=O)N[C@@H](Cc2ccccc2)C(=O)N[C@@H](CCSC)C(=O)O)C(C)C)cc1O. The first kappa shape index (κ1) is 30.5. The molecule has 2 rings (SSSR count). The van der Waals surface area contributed by atoms with Gasteiger partial charge >= 0.3 is 5.97 Å². The van der Waals surface area contributed by atoms with Crippen LogP contribution >= 0.6 is 11.8 Å². The Kier molecular flexibility index (Phi) is 11.9. The van der Waals surface area contributed by atoms with E-state index in [9.17, 15) is 29.4 Å². The Labute approximate surface area is 226 Å². The van der Waals surface area contributed by atoms with Crippen molar-refractivity contribution < 1.29 is 34.1 Å². The molecule has 0 heterocycles. The first-order chi connectivity index (χ1) is 18.1. The van der Waals surface area contributed by atoms with Crippen LogP contribution in [0.5, 0.6) is 11.5 Å². The van der Waals surface area contributed by atoms with E-state index in [0.717, 1.165) is 5.56 Å². The molecule has 0 spiro atoms. The molecule has 11 heteroatoms. The quantitative estimate of drug-likeness (QED) is 0.242. The number of aromatic hydroxyl groups is 1. The molecule has 0 saturated heterocycles. The lowest BCUT2D eigenvalue weighted by Gasteiger charge is -2.26. The molecule has 3 atom stereocenters. The zero-order chi connectivity index (χ0) is 28.2. The number of amides is 3. The molecule has 0 aliphatic carbocycles. The van der Waals surface area contributed by atoms with E-state index in [1.807, 2.05) is 12.3 Å². The fourth-order valence-electron chi connectivity index (χ4n) is 3.68. The van der Waals surface area contributed by atoms with Crippen LogP contribution in [0, 0.1) is 5.92 Å². The standard InChI is InChI=1S/C27H35N3O7S/c1-16(2)23(30-24(32)18-10-11-22(37-3)21(31)15-18)26(34)29-20(14-17-8-6-5-7-9-17)25(33)28-19(27(35)36)12-13-38-4/h5-11,15-16,19-20,23,31H,12-14H2,1-4H3,(H,28,33)(H,29,34)(H,30,32)(H,35,36)/t19-,20-,23-/m0/s1. The molecule has 0 aliphatic heterocycles. The number of methoxy groups -OCH3 is 1. The van der Waals surface area contributed by atoms with E-state index >= 15 is 0 Å². The molecule has 10 nitrogen and oxygen atoms in total. The number of carbonyl (C=O) groups excluding carboxylic acids is 3. The van der Waals surface area contributed by atoms with Gasteiger partial charge in [-0.25, -0.2) is 4.79 Å². The summed E-state index contributed by atoms with van der Waals surface area (Å²) in [6, 6.07) is 9.94. The number of aliphatic carboxylic acids is 1. The van der Waals surface area contributed by atoms with Crippen LogP contribution in [0.25, 0.3) is 0 Å². The van der Waals surface area contributed by atoms with Gasteiger partial charge in [0.25, 0.3) is 5.91 Å². The fraction of sp³-hybridized carbons (Fsp3) is 0.407. The van der Waals surface area contributed by atoms with Crippen LogP contribution in [0.1, 0.15) is 36.2 Å². The second kappa shape index (κ2) is 14.9. The highest BCUT2D eigenvalue weighted by molar-refractivity contribution is 7.98. The monoisotopic (exact) mass is 545 g/mol. The van der Waals surface area contributed by atoms with E-state index in [4.69, 9.17) is 4.74 Å². The zero-order valence-electron chi connectivity index (χ0n) is 21.9. The van der Waals surface area contributed by atoms with Gasteiger partial charge in [0.1, 0.15) is 18.1 Å². The number of carboxylic acids is 1. The first-order valence-electron chi connectivity index (χ1n) is 12.1. The maximum Gasteiger partial charge on any atom is 0.326 e. The summed E-state index contributed by atoms with van der Waals surface area (Å²) in [5.74, 6) is -2.82. The smallest absolute Gasteiger partial charge is 0.326 e. The van der Waals surface area contributed by atoms with Gasteiger partial charge in [0, 0.05) is 12.0 Å². The van der Waals surface area contributed by atoms with Crippen LogP contribution < -0.4 is 20.7 Å². The van der Waals surface area contributed by atoms with Crippen molar-refractivity contribution in [3.63, 3.8) is 0 Å². The third-order valence-electron chi connectivity index (χ3n) is 5.82. The van der Waals surface area contributed by atoms with Gasteiger partial charge in [-0.15, -0.1) is 0 Å². The molecule has 0 fully saturated rings. The highest BCUT2D eigenvalue weighted by Crippen LogP contribution is 2.26. The summed E-state index contributed by atoms with van der Waals surface area (Å²) < 4.78 is 4.99. The predicted octanol–water partition coefficient (Wildman–Crippen LogP) is 2.21. The lowest BCUT2D eigenvalue weighted by atomic mass is 10.00. The molecule has 0 radical (unpaired) electrons. The average molecular weight is 546 g/mol. The number of nitrogens with one attached hydrogen (secondary N) is 3. The minimum absolute atomic E-state index is 0.123. The number of carbonyl (C=O) groups is 4. The number of carboxylic acid groups (broad SMARTS) is 1. The van der Waals surface area contributed by atoms with Gasteiger partial charge in [-0.1, -0.05) is 44.2 Å². The summed E-state index contributed by atoms with van der Waals surface area (Å²) in [4.78, 5) is 51.0. The molecule has 0 bridgehead atoms. The Morgan fingerprint density at radius 1 is 0.947 bits per heavy atom. The highest BCUT2D eigenvalue weighted by Gasteiger charge is 2.31. The molecular formula is C27H35N3O7S. The highest BCUT2D eigenvalue weighted by atomic mass is 32.2. The van der Waals surface area contributed by atoms with Crippen molar-refractivity contribution in [1.82, 2.24) is 16.0 Å². The summed E-state index contributed by atoms with van der Waals surface area (Å²) in [6.45, 7) is 3.48. The van der Waals surface area contributed by atoms with Gasteiger partial charge in [0.05, 0.1) is 7.11 Å². The molecule has 2 aromatic carbocycles. The largest absolute Gasteiger partial charge is 0.504 e. The van der Waals surface area contributed by atoms with Crippen LogP contribution in [-0.2, 0) is 20.8 Å². The van der Waals surface area contributed by atoms with E-state index in [2.05, 4.69) is 16.0 Å². The molecule has 2 aromatic rings. The van der Waals surface area contributed by atoms with Gasteiger partial charge in [-0.05, 0) is 48.1 Å². The molecule has 38 heavy (non-hydrogen) atoms. The Hall–Kier alpha value is -3.73. The summed E-state index contributed by atoms with van der Waals surface area (Å²) >= 11 is 1.46. The Morgan fingerprint density at radius 3 is 2.16 bits per heavy atom. The van der Waals surface area contributed by atoms with E-state index in [1.165, 1.54) is 37.1 Å². The third kappa shape index (κ3) is 8.98. The van der Waals surface area contributed by atoms with Crippen molar-refractivity contribution in [2.75, 3.05) is 19.1 Å². The fourth-order valence-corrected chi connectivity index (χ4v) is 4.15. The van der Waals surface area contributed by atoms with Crippen molar-refractivity contribution in [1.29, 1.82) is 0 Å². The number of hydrogen-bond acceptors (Lipinski definition) is 7. The van der Waals surface area contributed by atoms with Gasteiger partial charge in [-0.2, -0.15) is 11.8 Å². The minimum Gasteiger partial charge on any atom is -0.504 e. The number of hydrogen-bond donors (Lipinski definition) is 5. The van der Waals surface area contributed by atoms with Crippen LogP contribution in [0.4, 0.5) is 0 Å². The molecule has 0 unspecified atom stereocenters. The number of ether oxygens (including phenoxy) is 1. The topological polar surface area (TPSA) is 154 Å².